The Bertz CT molecular complexity index is 495. The van der Waals surface area contributed by atoms with Gasteiger partial charge in [0, 0.05) is 38.3 Å². The number of hydrogen-bond acceptors (Lipinski definition) is 4. The van der Waals surface area contributed by atoms with Crippen LogP contribution in [-0.4, -0.2) is 60.8 Å². The monoisotopic (exact) mass is 276 g/mol. The van der Waals surface area contributed by atoms with Crippen molar-refractivity contribution < 1.29 is 9.84 Å². The minimum Gasteiger partial charge on any atom is -0.496 e. The van der Waals surface area contributed by atoms with E-state index in [2.05, 4.69) is 29.7 Å². The number of aryl methyl sites for hydroxylation is 2. The number of ether oxygens (including phenoxy) is 1. The van der Waals surface area contributed by atoms with Gasteiger partial charge in [0.15, 0.2) is 0 Å². The van der Waals surface area contributed by atoms with Crippen LogP contribution in [0, 0.1) is 13.8 Å². The largest absolute Gasteiger partial charge is 0.496 e. The number of aliphatic hydroxyl groups is 1. The molecule has 2 unspecified atom stereocenters. The summed E-state index contributed by atoms with van der Waals surface area (Å²) in [6.45, 7) is 9.47. The average molecular weight is 276 g/mol. The smallest absolute Gasteiger partial charge is 0.125 e. The van der Waals surface area contributed by atoms with E-state index >= 15 is 0 Å². The molecule has 2 atom stereocenters. The standard InChI is InChI=1S/C16H24N2O2/c1-11-8-12(2)15(14(9-11)20-3)16(19)13-10-17-4-6-18(13)7-5-17/h8-9,13,16,19H,4-7,10H2,1-3H3. The molecule has 3 fully saturated rings. The molecule has 0 saturated carbocycles. The SMILES string of the molecule is COc1cc(C)cc(C)c1C(O)C1CN2CCN1CC2. The molecule has 20 heavy (non-hydrogen) atoms. The van der Waals surface area contributed by atoms with Crippen LogP contribution in [-0.2, 0) is 0 Å². The molecule has 1 aromatic rings. The van der Waals surface area contributed by atoms with Crippen LogP contribution in [0.4, 0.5) is 0 Å². The van der Waals surface area contributed by atoms with E-state index in [0.29, 0.717) is 0 Å². The van der Waals surface area contributed by atoms with Gasteiger partial charge in [-0.2, -0.15) is 0 Å². The lowest BCUT2D eigenvalue weighted by atomic mass is 9.92. The molecule has 110 valence electrons. The summed E-state index contributed by atoms with van der Waals surface area (Å²) in [5.41, 5.74) is 3.24. The number of methoxy groups -OCH3 is 1. The quantitative estimate of drug-likeness (QED) is 0.904. The average Bonchev–Trinajstić information content (AvgIpc) is 2.47. The van der Waals surface area contributed by atoms with Crippen LogP contribution in [0.2, 0.25) is 0 Å². The lowest BCUT2D eigenvalue weighted by molar-refractivity contribution is -0.0477. The van der Waals surface area contributed by atoms with Crippen molar-refractivity contribution in [2.45, 2.75) is 26.0 Å². The Morgan fingerprint density at radius 2 is 1.90 bits per heavy atom. The Morgan fingerprint density at radius 1 is 1.20 bits per heavy atom. The minimum absolute atomic E-state index is 0.188. The van der Waals surface area contributed by atoms with Crippen molar-refractivity contribution >= 4 is 0 Å². The molecule has 4 nitrogen and oxygen atoms in total. The van der Waals surface area contributed by atoms with Gasteiger partial charge in [-0.3, -0.25) is 9.80 Å². The fourth-order valence-electron chi connectivity index (χ4n) is 3.64. The van der Waals surface area contributed by atoms with Crippen molar-refractivity contribution in [3.8, 4) is 5.75 Å². The number of rotatable bonds is 3. The third-order valence-electron chi connectivity index (χ3n) is 4.69. The van der Waals surface area contributed by atoms with Crippen LogP contribution in [0.1, 0.15) is 22.8 Å². The lowest BCUT2D eigenvalue weighted by Gasteiger charge is -2.49. The predicted octanol–water partition coefficient (Wildman–Crippen LogP) is 1.35. The Balaban J connectivity index is 1.92. The molecule has 0 amide bonds. The first-order valence-corrected chi connectivity index (χ1v) is 7.39. The molecule has 2 bridgehead atoms. The summed E-state index contributed by atoms with van der Waals surface area (Å²) in [4.78, 5) is 4.87. The van der Waals surface area contributed by atoms with Gasteiger partial charge in [-0.25, -0.2) is 0 Å². The highest BCUT2D eigenvalue weighted by Crippen LogP contribution is 2.35. The second kappa shape index (κ2) is 5.35. The number of hydrogen-bond donors (Lipinski definition) is 1. The maximum Gasteiger partial charge on any atom is 0.125 e. The molecule has 3 aliphatic rings. The molecule has 3 saturated heterocycles. The third-order valence-corrected chi connectivity index (χ3v) is 4.69. The molecule has 4 heteroatoms. The van der Waals surface area contributed by atoms with E-state index < -0.39 is 6.10 Å². The Morgan fingerprint density at radius 3 is 2.45 bits per heavy atom. The second-order valence-electron chi connectivity index (χ2n) is 6.05. The molecular weight excluding hydrogens is 252 g/mol. The summed E-state index contributed by atoms with van der Waals surface area (Å²) in [6.07, 6.45) is -0.478. The molecule has 4 rings (SSSR count). The van der Waals surface area contributed by atoms with E-state index in [0.717, 1.165) is 49.6 Å². The second-order valence-corrected chi connectivity index (χ2v) is 6.05. The molecule has 0 radical (unpaired) electrons. The zero-order chi connectivity index (χ0) is 14.3. The highest BCUT2D eigenvalue weighted by Gasteiger charge is 2.38. The van der Waals surface area contributed by atoms with Crippen LogP contribution in [0.5, 0.6) is 5.75 Å². The molecule has 3 aliphatic heterocycles. The molecule has 0 spiro atoms. The fourth-order valence-corrected chi connectivity index (χ4v) is 3.64. The van der Waals surface area contributed by atoms with E-state index in [1.807, 2.05) is 6.07 Å². The van der Waals surface area contributed by atoms with Gasteiger partial charge in [-0.1, -0.05) is 6.07 Å². The first kappa shape index (κ1) is 13.9. The third kappa shape index (κ3) is 2.32. The summed E-state index contributed by atoms with van der Waals surface area (Å²) in [6, 6.07) is 4.33. The van der Waals surface area contributed by atoms with Gasteiger partial charge in [-0.15, -0.1) is 0 Å². The van der Waals surface area contributed by atoms with Crippen molar-refractivity contribution in [2.24, 2.45) is 0 Å². The van der Waals surface area contributed by atoms with Crippen LogP contribution in [0.3, 0.4) is 0 Å². The highest BCUT2D eigenvalue weighted by atomic mass is 16.5. The summed E-state index contributed by atoms with van der Waals surface area (Å²) >= 11 is 0. The topological polar surface area (TPSA) is 35.9 Å². The van der Waals surface area contributed by atoms with Gasteiger partial charge >= 0.3 is 0 Å². The van der Waals surface area contributed by atoms with Crippen molar-refractivity contribution in [1.82, 2.24) is 9.80 Å². The highest BCUT2D eigenvalue weighted by molar-refractivity contribution is 5.45. The van der Waals surface area contributed by atoms with Crippen LogP contribution >= 0.6 is 0 Å². The predicted molar refractivity (Wildman–Crippen MR) is 79.2 cm³/mol. The van der Waals surface area contributed by atoms with E-state index in [1.165, 1.54) is 5.56 Å². The summed E-state index contributed by atoms with van der Waals surface area (Å²) < 4.78 is 5.51. The molecule has 0 aromatic heterocycles. The molecule has 1 aromatic carbocycles. The molecule has 1 N–H and O–H groups in total. The van der Waals surface area contributed by atoms with Gasteiger partial charge in [0.1, 0.15) is 5.75 Å². The summed E-state index contributed by atoms with van der Waals surface area (Å²) in [5, 5.41) is 10.9. The fraction of sp³-hybridized carbons (Fsp3) is 0.625. The summed E-state index contributed by atoms with van der Waals surface area (Å²) in [5.74, 6) is 0.813. The van der Waals surface area contributed by atoms with Gasteiger partial charge in [-0.05, 0) is 31.0 Å². The number of aliphatic hydroxyl groups excluding tert-OH is 1. The molecule has 3 heterocycles. The number of piperazine rings is 3. The zero-order valence-electron chi connectivity index (χ0n) is 12.6. The van der Waals surface area contributed by atoms with E-state index in [9.17, 15) is 5.11 Å². The van der Waals surface area contributed by atoms with Gasteiger partial charge in [0.05, 0.1) is 19.3 Å². The maximum atomic E-state index is 10.9. The van der Waals surface area contributed by atoms with Crippen molar-refractivity contribution in [3.05, 3.63) is 28.8 Å². The van der Waals surface area contributed by atoms with E-state index in [1.54, 1.807) is 7.11 Å². The zero-order valence-corrected chi connectivity index (χ0v) is 12.6. The van der Waals surface area contributed by atoms with Crippen LogP contribution in [0.15, 0.2) is 12.1 Å². The van der Waals surface area contributed by atoms with Gasteiger partial charge in [0.25, 0.3) is 0 Å². The first-order valence-electron chi connectivity index (χ1n) is 7.39. The van der Waals surface area contributed by atoms with Crippen LogP contribution in [0.25, 0.3) is 0 Å². The number of benzene rings is 1. The van der Waals surface area contributed by atoms with Gasteiger partial charge in [0.2, 0.25) is 0 Å². The first-order chi connectivity index (χ1) is 9.60. The van der Waals surface area contributed by atoms with Crippen molar-refractivity contribution in [3.63, 3.8) is 0 Å². The van der Waals surface area contributed by atoms with Crippen molar-refractivity contribution in [1.29, 1.82) is 0 Å². The van der Waals surface area contributed by atoms with E-state index in [4.69, 9.17) is 4.74 Å². The van der Waals surface area contributed by atoms with Gasteiger partial charge < -0.3 is 9.84 Å². The number of fused-ring (bicyclic) bond motifs is 3. The van der Waals surface area contributed by atoms with E-state index in [-0.39, 0.29) is 6.04 Å². The lowest BCUT2D eigenvalue weighted by Crippen LogP contribution is -2.62. The maximum absolute atomic E-state index is 10.9. The Labute approximate surface area is 120 Å². The molecular formula is C16H24N2O2. The van der Waals surface area contributed by atoms with Crippen LogP contribution < -0.4 is 4.74 Å². The Hall–Kier alpha value is -1.10. The minimum atomic E-state index is -0.478. The Kier molecular flexibility index (Phi) is 3.71. The number of nitrogens with zero attached hydrogens (tertiary/aromatic N) is 2. The van der Waals surface area contributed by atoms with Crippen molar-refractivity contribution in [2.75, 3.05) is 39.8 Å². The normalized spacial score (nSPS) is 30.3. The molecule has 0 aliphatic carbocycles. The summed E-state index contributed by atoms with van der Waals surface area (Å²) in [7, 11) is 1.68.